The summed E-state index contributed by atoms with van der Waals surface area (Å²) in [5, 5.41) is 10.6. The number of likely N-dealkylation sites (N-methyl/N-ethyl adjacent to an activating group) is 1. The lowest BCUT2D eigenvalue weighted by Gasteiger charge is -2.42. The number of carbonyl (C=O) groups is 1. The number of piperazine rings is 1. The van der Waals surface area contributed by atoms with E-state index in [1.54, 1.807) is 0 Å². The number of allylic oxidation sites excluding steroid dienone is 1. The molecule has 6 rings (SSSR count). The fourth-order valence-corrected chi connectivity index (χ4v) is 7.20. The predicted molar refractivity (Wildman–Crippen MR) is 157 cm³/mol. The average molecular weight is 562 g/mol. The van der Waals surface area contributed by atoms with Crippen molar-refractivity contribution in [1.82, 2.24) is 19.8 Å². The molecule has 2 fully saturated rings. The topological polar surface area (TPSA) is 82.0 Å². The molecule has 2 saturated heterocycles. The smallest absolute Gasteiger partial charge is 0.318 e. The number of rotatable bonds is 6. The molecule has 2 aromatic rings. The van der Waals surface area contributed by atoms with E-state index in [2.05, 4.69) is 36.6 Å². The van der Waals surface area contributed by atoms with Gasteiger partial charge in [-0.3, -0.25) is 9.69 Å². The summed E-state index contributed by atoms with van der Waals surface area (Å²) in [6, 6.07) is 8.73. The highest BCUT2D eigenvalue weighted by Crippen LogP contribution is 2.44. The molecule has 9 heteroatoms. The Morgan fingerprint density at radius 3 is 2.80 bits per heavy atom. The van der Waals surface area contributed by atoms with Crippen LogP contribution in [0.2, 0.25) is 0 Å². The van der Waals surface area contributed by atoms with Gasteiger partial charge in [-0.25, -0.2) is 4.39 Å². The zero-order valence-corrected chi connectivity index (χ0v) is 24.0. The number of anilines is 1. The Hall–Kier alpha value is -3.46. The number of hydrogen-bond acceptors (Lipinski definition) is 7. The summed E-state index contributed by atoms with van der Waals surface area (Å²) in [7, 11) is 1.93. The van der Waals surface area contributed by atoms with Crippen LogP contribution in [0.4, 0.5) is 10.2 Å². The molecule has 2 aliphatic heterocycles. The molecule has 5 atom stereocenters. The Balaban J connectivity index is 1.29. The Labute approximate surface area is 241 Å². The molecule has 0 saturated carbocycles. The van der Waals surface area contributed by atoms with Crippen LogP contribution in [0.1, 0.15) is 54.5 Å². The van der Waals surface area contributed by atoms with Crippen molar-refractivity contribution >= 4 is 17.8 Å². The first-order valence-electron chi connectivity index (χ1n) is 14.8. The summed E-state index contributed by atoms with van der Waals surface area (Å²) < 4.78 is 20.2. The van der Waals surface area contributed by atoms with Gasteiger partial charge in [0.05, 0.1) is 11.5 Å². The van der Waals surface area contributed by atoms with Crippen molar-refractivity contribution in [2.75, 3.05) is 44.7 Å². The fraction of sp³-hybridized carbons (Fsp3) is 0.531. The van der Waals surface area contributed by atoms with Crippen molar-refractivity contribution in [2.24, 2.45) is 5.92 Å². The van der Waals surface area contributed by atoms with Gasteiger partial charge in [0.1, 0.15) is 18.6 Å². The highest BCUT2D eigenvalue weighted by Gasteiger charge is 2.36. The van der Waals surface area contributed by atoms with Crippen molar-refractivity contribution in [2.45, 2.75) is 63.2 Å². The number of ether oxygens (including phenoxy) is 1. The van der Waals surface area contributed by atoms with E-state index in [1.807, 2.05) is 29.0 Å². The van der Waals surface area contributed by atoms with Gasteiger partial charge < -0.3 is 19.6 Å². The summed E-state index contributed by atoms with van der Waals surface area (Å²) in [5.74, 6) is 1.80. The summed E-state index contributed by atoms with van der Waals surface area (Å²) in [6.07, 6.45) is 6.09. The molecule has 218 valence electrons. The molecule has 41 heavy (non-hydrogen) atoms. The molecular formula is C32H40FN5O3. The van der Waals surface area contributed by atoms with Crippen LogP contribution in [0.25, 0.3) is 6.08 Å². The van der Waals surface area contributed by atoms with Crippen molar-refractivity contribution in [3.05, 3.63) is 65.1 Å². The number of nitrogens with zero attached hydrogens (tertiary/aromatic N) is 5. The van der Waals surface area contributed by atoms with Gasteiger partial charge in [0.25, 0.3) is 0 Å². The minimum Gasteiger partial charge on any atom is -0.512 e. The van der Waals surface area contributed by atoms with Crippen LogP contribution in [0.3, 0.4) is 0 Å². The maximum absolute atomic E-state index is 14.0. The van der Waals surface area contributed by atoms with Crippen molar-refractivity contribution in [1.29, 1.82) is 0 Å². The minimum atomic E-state index is -0.839. The summed E-state index contributed by atoms with van der Waals surface area (Å²) in [5.41, 5.74) is 4.51. The van der Waals surface area contributed by atoms with E-state index in [4.69, 9.17) is 14.7 Å². The summed E-state index contributed by atoms with van der Waals surface area (Å²) >= 11 is 0. The van der Waals surface area contributed by atoms with Crippen LogP contribution in [0.5, 0.6) is 6.01 Å². The number of hydrogen-bond donors (Lipinski definition) is 1. The summed E-state index contributed by atoms with van der Waals surface area (Å²) in [6.45, 7) is 8.38. The van der Waals surface area contributed by atoms with Gasteiger partial charge in [-0.15, -0.1) is 0 Å². The third-order valence-electron chi connectivity index (χ3n) is 9.41. The Bertz CT molecular complexity index is 1350. The number of carbonyl (C=O) groups excluding carboxylic acids is 1. The number of aromatic nitrogens is 2. The van der Waals surface area contributed by atoms with Gasteiger partial charge >= 0.3 is 6.01 Å². The van der Waals surface area contributed by atoms with Gasteiger partial charge in [-0.1, -0.05) is 30.8 Å². The Kier molecular flexibility index (Phi) is 7.72. The van der Waals surface area contributed by atoms with Crippen molar-refractivity contribution in [3.63, 3.8) is 0 Å². The average Bonchev–Trinajstić information content (AvgIpc) is 3.30. The minimum absolute atomic E-state index is 0.0123. The second kappa shape index (κ2) is 11.4. The molecule has 0 radical (unpaired) electrons. The third-order valence-corrected chi connectivity index (χ3v) is 9.41. The van der Waals surface area contributed by atoms with Crippen LogP contribution < -0.4 is 9.64 Å². The predicted octanol–water partition coefficient (Wildman–Crippen LogP) is 4.31. The normalized spacial score (nSPS) is 28.1. The standard InChI is InChI=1S/C32H40FN5O3/c1-4-30(40)37-11-12-38(20(2)17-37)31-27-10-9-22(28-16-25(39)13-21-7-5-6-8-26(21)28)14-29(27)34-32(35-31)41-19-24-15-23(33)18-36(24)3/h4-8,13,20,22-24,28,39H,1,9-12,14-19H2,2-3H3/t20-,22-,23-,24-,28?/m0/s1. The number of aliphatic hydroxyl groups is 1. The SMILES string of the molecule is C=CC(=O)N1CCN(c2nc(OC[C@@H]3C[C@H](F)CN3C)nc3c2CC[C@H](C2CC(O)=Cc4ccccc42)C3)[C@@H](C)C1. The number of aliphatic hydroxyl groups excluding tert-OH is 1. The monoisotopic (exact) mass is 561 g/mol. The molecule has 8 nitrogen and oxygen atoms in total. The van der Waals surface area contributed by atoms with Crippen molar-refractivity contribution in [3.8, 4) is 6.01 Å². The molecule has 3 heterocycles. The van der Waals surface area contributed by atoms with E-state index in [1.165, 1.54) is 11.6 Å². The van der Waals surface area contributed by atoms with Gasteiger partial charge in [0.2, 0.25) is 5.91 Å². The molecule has 0 spiro atoms. The molecule has 1 aromatic carbocycles. The largest absolute Gasteiger partial charge is 0.512 e. The van der Waals surface area contributed by atoms with E-state index in [0.29, 0.717) is 63.3 Å². The maximum Gasteiger partial charge on any atom is 0.318 e. The van der Waals surface area contributed by atoms with Crippen LogP contribution in [0, 0.1) is 5.92 Å². The van der Waals surface area contributed by atoms with Gasteiger partial charge in [-0.05, 0) is 74.8 Å². The second-order valence-corrected chi connectivity index (χ2v) is 12.1. The van der Waals surface area contributed by atoms with E-state index in [0.717, 1.165) is 41.9 Å². The lowest BCUT2D eigenvalue weighted by Crippen LogP contribution is -2.54. The second-order valence-electron chi connectivity index (χ2n) is 12.1. The Morgan fingerprint density at radius 1 is 1.22 bits per heavy atom. The first-order valence-corrected chi connectivity index (χ1v) is 14.8. The van der Waals surface area contributed by atoms with E-state index in [-0.39, 0.29) is 23.9 Å². The molecule has 1 amide bonds. The molecule has 2 aliphatic carbocycles. The van der Waals surface area contributed by atoms with Crippen LogP contribution in [-0.4, -0.2) is 88.9 Å². The number of benzene rings is 1. The van der Waals surface area contributed by atoms with Crippen molar-refractivity contribution < 1.29 is 19.0 Å². The van der Waals surface area contributed by atoms with Gasteiger partial charge in [0.15, 0.2) is 0 Å². The van der Waals surface area contributed by atoms with E-state index < -0.39 is 6.17 Å². The van der Waals surface area contributed by atoms with Crippen LogP contribution in [-0.2, 0) is 17.6 Å². The molecule has 1 unspecified atom stereocenters. The van der Waals surface area contributed by atoms with Gasteiger partial charge in [-0.2, -0.15) is 9.97 Å². The number of amides is 1. The van der Waals surface area contributed by atoms with Gasteiger partial charge in [0, 0.05) is 50.2 Å². The molecule has 0 bridgehead atoms. The lowest BCUT2D eigenvalue weighted by atomic mass is 9.71. The number of halogens is 1. The molecular weight excluding hydrogens is 521 g/mol. The highest BCUT2D eigenvalue weighted by molar-refractivity contribution is 5.87. The van der Waals surface area contributed by atoms with Crippen LogP contribution in [0.15, 0.2) is 42.7 Å². The lowest BCUT2D eigenvalue weighted by molar-refractivity contribution is -0.126. The maximum atomic E-state index is 14.0. The number of likely N-dealkylation sites (tertiary alicyclic amines) is 1. The molecule has 1 N–H and O–H groups in total. The zero-order valence-electron chi connectivity index (χ0n) is 24.0. The number of fused-ring (bicyclic) bond motifs is 2. The Morgan fingerprint density at radius 2 is 2.05 bits per heavy atom. The quantitative estimate of drug-likeness (QED) is 0.527. The van der Waals surface area contributed by atoms with E-state index >= 15 is 0 Å². The highest BCUT2D eigenvalue weighted by atomic mass is 19.1. The zero-order chi connectivity index (χ0) is 28.7. The third kappa shape index (κ3) is 5.56. The molecule has 4 aliphatic rings. The fourth-order valence-electron chi connectivity index (χ4n) is 7.20. The first-order chi connectivity index (χ1) is 19.8. The van der Waals surface area contributed by atoms with E-state index in [9.17, 15) is 14.3 Å². The summed E-state index contributed by atoms with van der Waals surface area (Å²) in [4.78, 5) is 28.3. The first kappa shape index (κ1) is 27.7. The molecule has 1 aromatic heterocycles. The van der Waals surface area contributed by atoms with Crippen LogP contribution >= 0.6 is 0 Å². The number of alkyl halides is 1.